The monoisotopic (exact) mass is 556 g/mol. The SMILES string of the molecule is Cc1ccc2c(Cc3nc(NCN)no3)c[nH]c2c1.Cc1ccc2c(Cc3nc(NCN=C(N)N)no3)c[nH]c2c1. The van der Waals surface area contributed by atoms with Crippen LogP contribution in [0.15, 0.2) is 62.8 Å². The standard InChI is InChI=1S/C14H17N7O.C13H15N5O/c1-8-2-3-10-9(6-17-11(10)4-8)5-12-20-14(21-22-12)19-7-18-13(15)16;1-8-2-3-10-9(6-15-11(10)4-8)5-12-17-13(16-7-14)18-19-12/h2-4,6,17H,5,7H2,1H3,(H,19,21)(H4,15,16,18);2-4,6,15H,5,7,14H2,1H3,(H,16,18). The summed E-state index contributed by atoms with van der Waals surface area (Å²) in [5.74, 6) is 1.88. The second kappa shape index (κ2) is 12.2. The van der Waals surface area contributed by atoms with E-state index in [1.807, 2.05) is 12.4 Å². The summed E-state index contributed by atoms with van der Waals surface area (Å²) in [4.78, 5) is 18.8. The van der Waals surface area contributed by atoms with Gasteiger partial charge in [-0.2, -0.15) is 9.97 Å². The van der Waals surface area contributed by atoms with Crippen molar-refractivity contribution in [3.05, 3.63) is 82.8 Å². The van der Waals surface area contributed by atoms with Crippen molar-refractivity contribution in [3.8, 4) is 0 Å². The van der Waals surface area contributed by atoms with E-state index in [0.717, 1.165) is 27.5 Å². The summed E-state index contributed by atoms with van der Waals surface area (Å²) in [6, 6.07) is 12.6. The van der Waals surface area contributed by atoms with Gasteiger partial charge in [0.2, 0.25) is 11.8 Å². The summed E-state index contributed by atoms with van der Waals surface area (Å²) in [7, 11) is 0. The van der Waals surface area contributed by atoms with Crippen LogP contribution in [0, 0.1) is 13.8 Å². The van der Waals surface area contributed by atoms with E-state index >= 15 is 0 Å². The summed E-state index contributed by atoms with van der Waals surface area (Å²) in [5, 5.41) is 15.6. The Morgan fingerprint density at radius 3 is 1.80 bits per heavy atom. The van der Waals surface area contributed by atoms with Crippen LogP contribution in [0.1, 0.15) is 34.0 Å². The number of hydrogen-bond acceptors (Lipinski definition) is 10. The maximum Gasteiger partial charge on any atom is 0.264 e. The number of guanidine groups is 1. The molecule has 212 valence electrons. The summed E-state index contributed by atoms with van der Waals surface area (Å²) in [5.41, 5.74) is 22.7. The summed E-state index contributed by atoms with van der Waals surface area (Å²) < 4.78 is 10.4. The summed E-state index contributed by atoms with van der Waals surface area (Å²) in [6.07, 6.45) is 5.09. The van der Waals surface area contributed by atoms with Gasteiger partial charge in [-0.15, -0.1) is 0 Å². The van der Waals surface area contributed by atoms with Crippen LogP contribution in [0.2, 0.25) is 0 Å². The van der Waals surface area contributed by atoms with E-state index in [9.17, 15) is 0 Å². The van der Waals surface area contributed by atoms with E-state index in [4.69, 9.17) is 26.2 Å². The van der Waals surface area contributed by atoms with Gasteiger partial charge in [0.15, 0.2) is 5.96 Å². The number of rotatable bonds is 9. The highest BCUT2D eigenvalue weighted by Crippen LogP contribution is 2.23. The molecular formula is C27H32N12O2. The van der Waals surface area contributed by atoms with Gasteiger partial charge >= 0.3 is 0 Å². The molecule has 6 rings (SSSR count). The molecule has 0 aliphatic heterocycles. The van der Waals surface area contributed by atoms with Gasteiger partial charge in [-0.25, -0.2) is 4.99 Å². The molecule has 0 amide bonds. The number of H-pyrrole nitrogens is 2. The van der Waals surface area contributed by atoms with Gasteiger partial charge in [0.25, 0.3) is 11.9 Å². The van der Waals surface area contributed by atoms with Gasteiger partial charge in [-0.3, -0.25) is 0 Å². The number of fused-ring (bicyclic) bond motifs is 2. The van der Waals surface area contributed by atoms with Crippen LogP contribution >= 0.6 is 0 Å². The van der Waals surface area contributed by atoms with Crippen LogP contribution in [0.5, 0.6) is 0 Å². The molecule has 0 saturated heterocycles. The zero-order valence-corrected chi connectivity index (χ0v) is 22.7. The molecule has 4 aromatic heterocycles. The predicted molar refractivity (Wildman–Crippen MR) is 157 cm³/mol. The van der Waals surface area contributed by atoms with Crippen LogP contribution in [-0.2, 0) is 12.8 Å². The molecule has 2 aromatic carbocycles. The third-order valence-electron chi connectivity index (χ3n) is 6.22. The number of aliphatic imine (C=N–C) groups is 1. The molecule has 6 aromatic rings. The zero-order valence-electron chi connectivity index (χ0n) is 22.7. The highest BCUT2D eigenvalue weighted by atomic mass is 16.5. The molecule has 0 unspecified atom stereocenters. The lowest BCUT2D eigenvalue weighted by Gasteiger charge is -1.96. The Morgan fingerprint density at radius 1 is 0.805 bits per heavy atom. The molecule has 0 saturated carbocycles. The Labute approximate surface area is 234 Å². The molecule has 0 bridgehead atoms. The highest BCUT2D eigenvalue weighted by molar-refractivity contribution is 5.84. The molecule has 0 fully saturated rings. The molecule has 14 heteroatoms. The van der Waals surface area contributed by atoms with Crippen molar-refractivity contribution in [3.63, 3.8) is 0 Å². The molecule has 0 aliphatic carbocycles. The Bertz CT molecular complexity index is 1770. The molecule has 0 atom stereocenters. The Morgan fingerprint density at radius 2 is 1.32 bits per heavy atom. The number of nitrogens with two attached hydrogens (primary N) is 3. The highest BCUT2D eigenvalue weighted by Gasteiger charge is 2.11. The Kier molecular flexibility index (Phi) is 8.10. The lowest BCUT2D eigenvalue weighted by molar-refractivity contribution is 0.386. The van der Waals surface area contributed by atoms with Crippen molar-refractivity contribution in [2.75, 3.05) is 24.0 Å². The first-order valence-corrected chi connectivity index (χ1v) is 12.9. The number of benzene rings is 2. The lowest BCUT2D eigenvalue weighted by Crippen LogP contribution is -2.24. The molecule has 14 nitrogen and oxygen atoms in total. The van der Waals surface area contributed by atoms with Gasteiger partial charge in [0, 0.05) is 34.2 Å². The third-order valence-corrected chi connectivity index (χ3v) is 6.22. The largest absolute Gasteiger partial charge is 0.370 e. The predicted octanol–water partition coefficient (Wildman–Crippen LogP) is 2.87. The third kappa shape index (κ3) is 6.80. The molecule has 41 heavy (non-hydrogen) atoms. The number of aromatic amines is 2. The second-order valence-corrected chi connectivity index (χ2v) is 9.40. The average Bonchev–Trinajstić information content (AvgIpc) is 3.74. The number of anilines is 2. The number of hydrogen-bond donors (Lipinski definition) is 7. The lowest BCUT2D eigenvalue weighted by atomic mass is 10.1. The maximum atomic E-state index is 5.36. The van der Waals surface area contributed by atoms with E-state index in [1.165, 1.54) is 16.5 Å². The van der Waals surface area contributed by atoms with Crippen LogP contribution < -0.4 is 27.8 Å². The van der Waals surface area contributed by atoms with Crippen molar-refractivity contribution in [2.24, 2.45) is 22.2 Å². The van der Waals surface area contributed by atoms with E-state index in [0.29, 0.717) is 36.5 Å². The van der Waals surface area contributed by atoms with Gasteiger partial charge in [0.1, 0.15) is 6.67 Å². The number of aryl methyl sites for hydroxylation is 2. The van der Waals surface area contributed by atoms with E-state index in [2.05, 4.69) is 96.1 Å². The van der Waals surface area contributed by atoms with Crippen molar-refractivity contribution in [1.82, 2.24) is 30.2 Å². The first-order chi connectivity index (χ1) is 19.9. The zero-order chi connectivity index (χ0) is 28.8. The van der Waals surface area contributed by atoms with Gasteiger partial charge in [-0.05, 0) is 58.5 Å². The number of aromatic nitrogens is 6. The molecular weight excluding hydrogens is 524 g/mol. The van der Waals surface area contributed by atoms with Crippen LogP contribution in [0.3, 0.4) is 0 Å². The fourth-order valence-electron chi connectivity index (χ4n) is 4.31. The van der Waals surface area contributed by atoms with Crippen LogP contribution in [0.25, 0.3) is 21.8 Å². The molecule has 10 N–H and O–H groups in total. The second-order valence-electron chi connectivity index (χ2n) is 9.40. The minimum absolute atomic E-state index is 0.00491. The van der Waals surface area contributed by atoms with Gasteiger partial charge in [-0.1, -0.05) is 24.3 Å². The van der Waals surface area contributed by atoms with Crippen molar-refractivity contribution >= 4 is 39.7 Å². The average molecular weight is 557 g/mol. The van der Waals surface area contributed by atoms with E-state index < -0.39 is 0 Å². The molecule has 0 spiro atoms. The molecule has 4 heterocycles. The fraction of sp³-hybridized carbons (Fsp3) is 0.222. The van der Waals surface area contributed by atoms with Crippen molar-refractivity contribution in [1.29, 1.82) is 0 Å². The first kappa shape index (κ1) is 27.2. The first-order valence-electron chi connectivity index (χ1n) is 12.9. The van der Waals surface area contributed by atoms with Crippen molar-refractivity contribution in [2.45, 2.75) is 26.7 Å². The molecule has 0 aliphatic rings. The van der Waals surface area contributed by atoms with Crippen molar-refractivity contribution < 1.29 is 9.05 Å². The maximum absolute atomic E-state index is 5.36. The number of nitrogens with one attached hydrogen (secondary N) is 4. The smallest absolute Gasteiger partial charge is 0.264 e. The summed E-state index contributed by atoms with van der Waals surface area (Å²) >= 11 is 0. The van der Waals surface area contributed by atoms with Gasteiger partial charge in [0.05, 0.1) is 19.5 Å². The van der Waals surface area contributed by atoms with E-state index in [-0.39, 0.29) is 19.3 Å². The van der Waals surface area contributed by atoms with E-state index in [1.54, 1.807) is 0 Å². The van der Waals surface area contributed by atoms with Gasteiger partial charge < -0.3 is 46.8 Å². The van der Waals surface area contributed by atoms with Crippen LogP contribution in [0.4, 0.5) is 11.9 Å². The topological polar surface area (TPSA) is 224 Å². The molecule has 0 radical (unpaired) electrons. The Balaban J connectivity index is 0.000000166. The van der Waals surface area contributed by atoms with Crippen LogP contribution in [-0.4, -0.2) is 49.5 Å². The summed E-state index contributed by atoms with van der Waals surface area (Å²) in [6.45, 7) is 4.62. The normalized spacial score (nSPS) is 10.9. The quantitative estimate of drug-likeness (QED) is 0.0778. The number of nitrogens with zero attached hydrogens (tertiary/aromatic N) is 5. The minimum Gasteiger partial charge on any atom is -0.370 e. The Hall–Kier alpha value is -5.37. The fourth-order valence-corrected chi connectivity index (χ4v) is 4.31. The minimum atomic E-state index is 0.00491.